The molecule has 4 nitrogen and oxygen atoms in total. The molecule has 1 amide bonds. The van der Waals surface area contributed by atoms with Crippen LogP contribution in [0.4, 0.5) is 0 Å². The van der Waals surface area contributed by atoms with Crippen LogP contribution in [0, 0.1) is 5.92 Å². The highest BCUT2D eigenvalue weighted by Gasteiger charge is 2.40. The van der Waals surface area contributed by atoms with E-state index in [0.717, 1.165) is 19.4 Å². The maximum atomic E-state index is 12.5. The van der Waals surface area contributed by atoms with Gasteiger partial charge in [-0.25, -0.2) is 0 Å². The van der Waals surface area contributed by atoms with E-state index in [1.54, 1.807) is 0 Å². The minimum Gasteiger partial charge on any atom is -0.324 e. The zero-order valence-corrected chi connectivity index (χ0v) is 12.7. The van der Waals surface area contributed by atoms with E-state index in [-0.39, 0.29) is 18.1 Å². The Kier molecular flexibility index (Phi) is 5.60. The summed E-state index contributed by atoms with van der Waals surface area (Å²) in [5.41, 5.74) is 0. The molecule has 0 aromatic heterocycles. The molecule has 0 bridgehead atoms. The van der Waals surface area contributed by atoms with Crippen molar-refractivity contribution >= 4 is 5.91 Å². The van der Waals surface area contributed by atoms with Gasteiger partial charge in [-0.3, -0.25) is 10.1 Å². The second kappa shape index (κ2) is 6.53. The second-order valence-corrected chi connectivity index (χ2v) is 5.76. The standard InChI is InChI=1S/C14H29N3O/c1-7-10(3)13-14(18)17(12(8-2)15-13)9-11(4)16(5)6/h10-13,15H,7-9H2,1-6H3. The molecule has 1 rings (SSSR count). The summed E-state index contributed by atoms with van der Waals surface area (Å²) < 4.78 is 0. The lowest BCUT2D eigenvalue weighted by molar-refractivity contribution is -0.131. The van der Waals surface area contributed by atoms with Crippen LogP contribution in [-0.2, 0) is 4.79 Å². The molecular formula is C14H29N3O. The van der Waals surface area contributed by atoms with Gasteiger partial charge in [-0.15, -0.1) is 0 Å². The van der Waals surface area contributed by atoms with Crippen LogP contribution < -0.4 is 5.32 Å². The van der Waals surface area contributed by atoms with Crippen molar-refractivity contribution < 1.29 is 4.79 Å². The fraction of sp³-hybridized carbons (Fsp3) is 0.929. The Labute approximate surface area is 112 Å². The van der Waals surface area contributed by atoms with Crippen molar-refractivity contribution in [2.75, 3.05) is 20.6 Å². The lowest BCUT2D eigenvalue weighted by Crippen LogP contribution is -2.44. The van der Waals surface area contributed by atoms with Gasteiger partial charge in [0.2, 0.25) is 5.91 Å². The summed E-state index contributed by atoms with van der Waals surface area (Å²) in [6, 6.07) is 0.398. The molecule has 0 aromatic rings. The van der Waals surface area contributed by atoms with Crippen LogP contribution >= 0.6 is 0 Å². The fourth-order valence-corrected chi connectivity index (χ4v) is 2.35. The molecule has 0 aromatic carbocycles. The third kappa shape index (κ3) is 3.23. The molecule has 0 spiro atoms. The van der Waals surface area contributed by atoms with Gasteiger partial charge >= 0.3 is 0 Å². The third-order valence-electron chi connectivity index (χ3n) is 4.24. The summed E-state index contributed by atoms with van der Waals surface area (Å²) in [6.07, 6.45) is 2.22. The van der Waals surface area contributed by atoms with E-state index in [1.807, 2.05) is 4.90 Å². The first-order chi connectivity index (χ1) is 8.42. The zero-order chi connectivity index (χ0) is 13.9. The Bertz CT molecular complexity index is 280. The summed E-state index contributed by atoms with van der Waals surface area (Å²) in [5, 5.41) is 3.49. The van der Waals surface area contributed by atoms with Crippen LogP contribution in [0.2, 0.25) is 0 Å². The molecule has 1 heterocycles. The average molecular weight is 255 g/mol. The van der Waals surface area contributed by atoms with Gasteiger partial charge < -0.3 is 9.80 Å². The molecule has 0 saturated carbocycles. The number of rotatable bonds is 6. The lowest BCUT2D eigenvalue weighted by atomic mass is 9.99. The average Bonchev–Trinajstić information content (AvgIpc) is 2.65. The summed E-state index contributed by atoms with van der Waals surface area (Å²) >= 11 is 0. The van der Waals surface area contributed by atoms with Gasteiger partial charge in [0.15, 0.2) is 0 Å². The molecule has 1 N–H and O–H groups in total. The number of hydrogen-bond acceptors (Lipinski definition) is 3. The van der Waals surface area contributed by atoms with Crippen molar-refractivity contribution in [3.05, 3.63) is 0 Å². The number of amides is 1. The monoisotopic (exact) mass is 255 g/mol. The number of likely N-dealkylation sites (N-methyl/N-ethyl adjacent to an activating group) is 1. The summed E-state index contributed by atoms with van der Waals surface area (Å²) in [7, 11) is 4.12. The summed E-state index contributed by atoms with van der Waals surface area (Å²) in [4.78, 5) is 16.7. The predicted octanol–water partition coefficient (Wildman–Crippen LogP) is 1.52. The van der Waals surface area contributed by atoms with Crippen LogP contribution in [0.25, 0.3) is 0 Å². The maximum absolute atomic E-state index is 12.5. The SMILES string of the molecule is CCC(C)C1NC(CC)N(CC(C)N(C)C)C1=O. The highest BCUT2D eigenvalue weighted by molar-refractivity contribution is 5.84. The van der Waals surface area contributed by atoms with Crippen LogP contribution in [-0.4, -0.2) is 54.6 Å². The van der Waals surface area contributed by atoms with Crippen LogP contribution in [0.5, 0.6) is 0 Å². The zero-order valence-electron chi connectivity index (χ0n) is 12.7. The molecule has 0 aliphatic carbocycles. The molecule has 106 valence electrons. The summed E-state index contributed by atoms with van der Waals surface area (Å²) in [6.45, 7) is 9.41. The van der Waals surface area contributed by atoms with E-state index >= 15 is 0 Å². The van der Waals surface area contributed by atoms with Crippen LogP contribution in [0.15, 0.2) is 0 Å². The van der Waals surface area contributed by atoms with Gasteiger partial charge in [0, 0.05) is 12.6 Å². The Balaban J connectivity index is 2.73. The van der Waals surface area contributed by atoms with E-state index < -0.39 is 0 Å². The first-order valence-electron chi connectivity index (χ1n) is 7.15. The predicted molar refractivity (Wildman–Crippen MR) is 75.3 cm³/mol. The first-order valence-corrected chi connectivity index (χ1v) is 7.15. The topological polar surface area (TPSA) is 35.6 Å². The molecule has 4 unspecified atom stereocenters. The first kappa shape index (κ1) is 15.4. The van der Waals surface area contributed by atoms with Crippen molar-refractivity contribution in [3.63, 3.8) is 0 Å². The van der Waals surface area contributed by atoms with E-state index in [0.29, 0.717) is 12.0 Å². The van der Waals surface area contributed by atoms with Gasteiger partial charge in [-0.1, -0.05) is 27.2 Å². The van der Waals surface area contributed by atoms with E-state index in [4.69, 9.17) is 0 Å². The molecular weight excluding hydrogens is 226 g/mol. The van der Waals surface area contributed by atoms with Crippen molar-refractivity contribution in [1.82, 2.24) is 15.1 Å². The smallest absolute Gasteiger partial charge is 0.241 e. The Morgan fingerprint density at radius 3 is 2.39 bits per heavy atom. The van der Waals surface area contributed by atoms with Gasteiger partial charge in [0.1, 0.15) is 0 Å². The molecule has 0 radical (unpaired) electrons. The Hall–Kier alpha value is -0.610. The van der Waals surface area contributed by atoms with Crippen molar-refractivity contribution in [1.29, 1.82) is 0 Å². The minimum atomic E-state index is 0.00862. The van der Waals surface area contributed by atoms with Gasteiger partial charge in [-0.05, 0) is 33.4 Å². The molecule has 1 saturated heterocycles. The fourth-order valence-electron chi connectivity index (χ4n) is 2.35. The number of nitrogens with one attached hydrogen (secondary N) is 1. The molecule has 18 heavy (non-hydrogen) atoms. The minimum absolute atomic E-state index is 0.00862. The Morgan fingerprint density at radius 2 is 1.94 bits per heavy atom. The van der Waals surface area contributed by atoms with Gasteiger partial charge in [0.25, 0.3) is 0 Å². The second-order valence-electron chi connectivity index (χ2n) is 5.76. The quantitative estimate of drug-likeness (QED) is 0.781. The molecule has 4 heteroatoms. The van der Waals surface area contributed by atoms with E-state index in [9.17, 15) is 4.79 Å². The lowest BCUT2D eigenvalue weighted by Gasteiger charge is -2.29. The van der Waals surface area contributed by atoms with E-state index in [1.165, 1.54) is 0 Å². The summed E-state index contributed by atoms with van der Waals surface area (Å²) in [5.74, 6) is 0.691. The maximum Gasteiger partial charge on any atom is 0.241 e. The van der Waals surface area contributed by atoms with Crippen molar-refractivity contribution in [2.24, 2.45) is 5.92 Å². The molecule has 1 fully saturated rings. The number of hydrogen-bond donors (Lipinski definition) is 1. The van der Waals surface area contributed by atoms with Crippen molar-refractivity contribution in [2.45, 2.75) is 58.8 Å². The van der Waals surface area contributed by atoms with Gasteiger partial charge in [-0.2, -0.15) is 0 Å². The van der Waals surface area contributed by atoms with Gasteiger partial charge in [0.05, 0.1) is 12.2 Å². The normalized spacial score (nSPS) is 27.9. The highest BCUT2D eigenvalue weighted by atomic mass is 16.2. The number of carbonyl (C=O) groups is 1. The largest absolute Gasteiger partial charge is 0.324 e. The van der Waals surface area contributed by atoms with E-state index in [2.05, 4.69) is 52.0 Å². The Morgan fingerprint density at radius 1 is 1.33 bits per heavy atom. The highest BCUT2D eigenvalue weighted by Crippen LogP contribution is 2.21. The van der Waals surface area contributed by atoms with Crippen molar-refractivity contribution in [3.8, 4) is 0 Å². The number of carbonyl (C=O) groups excluding carboxylic acids is 1. The molecule has 1 aliphatic heterocycles. The molecule has 4 atom stereocenters. The third-order valence-corrected chi connectivity index (χ3v) is 4.24. The van der Waals surface area contributed by atoms with Crippen LogP contribution in [0.3, 0.4) is 0 Å². The molecule has 1 aliphatic rings. The van der Waals surface area contributed by atoms with Crippen LogP contribution in [0.1, 0.15) is 40.5 Å². The number of nitrogens with zero attached hydrogens (tertiary/aromatic N) is 2.